The third-order valence-electron chi connectivity index (χ3n) is 3.91. The molecule has 0 aliphatic carbocycles. The van der Waals surface area contributed by atoms with Gasteiger partial charge in [-0.05, 0) is 44.6 Å². The van der Waals surface area contributed by atoms with Gasteiger partial charge < -0.3 is 10.6 Å². The van der Waals surface area contributed by atoms with Gasteiger partial charge in [0.25, 0.3) is 0 Å². The smallest absolute Gasteiger partial charge is 0.123 e. The van der Waals surface area contributed by atoms with Crippen molar-refractivity contribution < 1.29 is 4.39 Å². The second-order valence-corrected chi connectivity index (χ2v) is 5.66. The Balaban J connectivity index is 3.15. The molecule has 0 heterocycles. The minimum Gasteiger partial charge on any atom is -0.320 e. The highest BCUT2D eigenvalue weighted by Gasteiger charge is 2.36. The molecule has 3 heteroatoms. The number of rotatable bonds is 8. The molecule has 0 radical (unpaired) electrons. The minimum absolute atomic E-state index is 0.200. The van der Waals surface area contributed by atoms with Crippen LogP contribution in [-0.4, -0.2) is 25.0 Å². The van der Waals surface area contributed by atoms with Crippen LogP contribution in [0.15, 0.2) is 36.9 Å². The molecule has 0 aliphatic heterocycles. The zero-order valence-electron chi connectivity index (χ0n) is 12.9. The SMILES string of the molecule is C=CCC(N)(c1ccc(F)cc1)C(CCCC)N(C)C. The molecule has 20 heavy (non-hydrogen) atoms. The molecular formula is C17H27FN2. The van der Waals surface area contributed by atoms with Crippen LogP contribution in [0.3, 0.4) is 0 Å². The summed E-state index contributed by atoms with van der Waals surface area (Å²) in [5.74, 6) is -0.232. The summed E-state index contributed by atoms with van der Waals surface area (Å²) < 4.78 is 13.2. The van der Waals surface area contributed by atoms with Gasteiger partial charge in [0.2, 0.25) is 0 Å². The summed E-state index contributed by atoms with van der Waals surface area (Å²) in [6, 6.07) is 6.74. The first kappa shape index (κ1) is 16.9. The van der Waals surface area contributed by atoms with E-state index in [1.54, 1.807) is 12.1 Å². The first-order valence-electron chi connectivity index (χ1n) is 7.28. The first-order valence-corrected chi connectivity index (χ1v) is 7.28. The number of halogens is 1. The lowest BCUT2D eigenvalue weighted by atomic mass is 9.78. The Kier molecular flexibility index (Phi) is 6.37. The van der Waals surface area contributed by atoms with Crippen LogP contribution in [0.25, 0.3) is 0 Å². The number of hydrogen-bond donors (Lipinski definition) is 1. The zero-order valence-corrected chi connectivity index (χ0v) is 12.9. The molecule has 1 aromatic rings. The van der Waals surface area contributed by atoms with Gasteiger partial charge in [0, 0.05) is 6.04 Å². The third-order valence-corrected chi connectivity index (χ3v) is 3.91. The Morgan fingerprint density at radius 1 is 1.35 bits per heavy atom. The Labute approximate surface area is 122 Å². The largest absolute Gasteiger partial charge is 0.320 e. The normalized spacial score (nSPS) is 15.9. The van der Waals surface area contributed by atoms with Crippen LogP contribution in [0.2, 0.25) is 0 Å². The molecule has 0 amide bonds. The van der Waals surface area contributed by atoms with Crippen molar-refractivity contribution >= 4 is 0 Å². The molecule has 1 rings (SSSR count). The van der Waals surface area contributed by atoms with Crippen molar-refractivity contribution in [2.75, 3.05) is 14.1 Å². The van der Waals surface area contributed by atoms with Gasteiger partial charge in [-0.25, -0.2) is 4.39 Å². The highest BCUT2D eigenvalue weighted by molar-refractivity contribution is 5.28. The lowest BCUT2D eigenvalue weighted by Crippen LogP contribution is -2.54. The summed E-state index contributed by atoms with van der Waals surface area (Å²) in [7, 11) is 4.10. The summed E-state index contributed by atoms with van der Waals surface area (Å²) in [6.07, 6.45) is 5.81. The van der Waals surface area contributed by atoms with Crippen LogP contribution in [0.1, 0.15) is 38.2 Å². The van der Waals surface area contributed by atoms with Crippen molar-refractivity contribution in [1.29, 1.82) is 0 Å². The highest BCUT2D eigenvalue weighted by Crippen LogP contribution is 2.32. The molecule has 0 bridgehead atoms. The van der Waals surface area contributed by atoms with E-state index in [9.17, 15) is 4.39 Å². The van der Waals surface area contributed by atoms with Gasteiger partial charge in [0.15, 0.2) is 0 Å². The van der Waals surface area contributed by atoms with Crippen molar-refractivity contribution in [2.45, 2.75) is 44.2 Å². The summed E-state index contributed by atoms with van der Waals surface area (Å²) in [5.41, 5.74) is 7.16. The maximum atomic E-state index is 13.2. The van der Waals surface area contributed by atoms with E-state index in [1.807, 2.05) is 6.08 Å². The van der Waals surface area contributed by atoms with Gasteiger partial charge in [0.1, 0.15) is 5.82 Å². The van der Waals surface area contributed by atoms with Gasteiger partial charge >= 0.3 is 0 Å². The second kappa shape index (κ2) is 7.55. The van der Waals surface area contributed by atoms with Gasteiger partial charge in [-0.2, -0.15) is 0 Å². The van der Waals surface area contributed by atoms with E-state index in [2.05, 4.69) is 32.5 Å². The van der Waals surface area contributed by atoms with Crippen LogP contribution in [0.4, 0.5) is 4.39 Å². The number of hydrogen-bond acceptors (Lipinski definition) is 2. The minimum atomic E-state index is -0.534. The third kappa shape index (κ3) is 3.90. The molecule has 0 aliphatic rings. The van der Waals surface area contributed by atoms with E-state index >= 15 is 0 Å². The standard InChI is InChI=1S/C17H27FN2/c1-5-7-8-16(20(3)4)17(19,13-6-2)14-9-11-15(18)12-10-14/h6,9-12,16H,2,5,7-8,13,19H2,1,3-4H3. The van der Waals surface area contributed by atoms with Crippen molar-refractivity contribution in [3.63, 3.8) is 0 Å². The van der Waals surface area contributed by atoms with Crippen LogP contribution >= 0.6 is 0 Å². The fraction of sp³-hybridized carbons (Fsp3) is 0.529. The van der Waals surface area contributed by atoms with Crippen molar-refractivity contribution in [2.24, 2.45) is 5.73 Å². The number of likely N-dealkylation sites (N-methyl/N-ethyl adjacent to an activating group) is 1. The predicted molar refractivity (Wildman–Crippen MR) is 84.1 cm³/mol. The highest BCUT2D eigenvalue weighted by atomic mass is 19.1. The van der Waals surface area contributed by atoms with Gasteiger partial charge in [-0.3, -0.25) is 0 Å². The summed E-state index contributed by atoms with van der Waals surface area (Å²) in [5, 5.41) is 0. The van der Waals surface area contributed by atoms with E-state index in [4.69, 9.17) is 5.73 Å². The van der Waals surface area contributed by atoms with Crippen molar-refractivity contribution in [3.05, 3.63) is 48.3 Å². The Morgan fingerprint density at radius 3 is 2.40 bits per heavy atom. The molecule has 0 saturated heterocycles. The zero-order chi connectivity index (χ0) is 15.2. The molecule has 0 aromatic heterocycles. The fourth-order valence-corrected chi connectivity index (χ4v) is 2.82. The fourth-order valence-electron chi connectivity index (χ4n) is 2.82. The molecule has 112 valence electrons. The van der Waals surface area contributed by atoms with Crippen LogP contribution in [0, 0.1) is 5.82 Å². The van der Waals surface area contributed by atoms with Crippen LogP contribution < -0.4 is 5.73 Å². The molecular weight excluding hydrogens is 251 g/mol. The molecule has 2 atom stereocenters. The average molecular weight is 278 g/mol. The maximum Gasteiger partial charge on any atom is 0.123 e. The molecule has 0 fully saturated rings. The number of unbranched alkanes of at least 4 members (excludes halogenated alkanes) is 1. The second-order valence-electron chi connectivity index (χ2n) is 5.66. The molecule has 2 nitrogen and oxygen atoms in total. The van der Waals surface area contributed by atoms with Crippen LogP contribution in [-0.2, 0) is 5.54 Å². The van der Waals surface area contributed by atoms with E-state index in [0.29, 0.717) is 6.42 Å². The number of nitrogens with zero attached hydrogens (tertiary/aromatic N) is 1. The Hall–Kier alpha value is -1.19. The Bertz CT molecular complexity index is 414. The number of benzene rings is 1. The topological polar surface area (TPSA) is 29.3 Å². The van der Waals surface area contributed by atoms with Gasteiger partial charge in [-0.1, -0.05) is 38.0 Å². The summed E-state index contributed by atoms with van der Waals surface area (Å²) in [4.78, 5) is 2.17. The lowest BCUT2D eigenvalue weighted by Gasteiger charge is -2.41. The van der Waals surface area contributed by atoms with E-state index in [1.165, 1.54) is 12.1 Å². The van der Waals surface area contributed by atoms with E-state index in [0.717, 1.165) is 24.8 Å². The summed E-state index contributed by atoms with van der Waals surface area (Å²) >= 11 is 0. The molecule has 2 unspecified atom stereocenters. The summed E-state index contributed by atoms with van der Waals surface area (Å²) in [6.45, 7) is 6.02. The first-order chi connectivity index (χ1) is 9.45. The van der Waals surface area contributed by atoms with Crippen molar-refractivity contribution in [3.8, 4) is 0 Å². The monoisotopic (exact) mass is 278 g/mol. The van der Waals surface area contributed by atoms with Crippen molar-refractivity contribution in [1.82, 2.24) is 4.90 Å². The van der Waals surface area contributed by atoms with Crippen LogP contribution in [0.5, 0.6) is 0 Å². The molecule has 0 spiro atoms. The van der Waals surface area contributed by atoms with Gasteiger partial charge in [0.05, 0.1) is 5.54 Å². The maximum absolute atomic E-state index is 13.2. The van der Waals surface area contributed by atoms with Gasteiger partial charge in [-0.15, -0.1) is 6.58 Å². The average Bonchev–Trinajstić information content (AvgIpc) is 2.39. The van der Waals surface area contributed by atoms with E-state index < -0.39 is 5.54 Å². The lowest BCUT2D eigenvalue weighted by molar-refractivity contribution is 0.162. The quantitative estimate of drug-likeness (QED) is 0.735. The molecule has 1 aromatic carbocycles. The Morgan fingerprint density at radius 2 is 1.95 bits per heavy atom. The number of nitrogens with two attached hydrogens (primary N) is 1. The molecule has 2 N–H and O–H groups in total. The molecule has 0 saturated carbocycles. The predicted octanol–water partition coefficient (Wildman–Crippen LogP) is 3.68. The van der Waals surface area contributed by atoms with E-state index in [-0.39, 0.29) is 11.9 Å².